The molecule has 3 heteroatoms. The summed E-state index contributed by atoms with van der Waals surface area (Å²) >= 11 is 0. The third-order valence-electron chi connectivity index (χ3n) is 4.59. The van der Waals surface area contributed by atoms with E-state index in [1.54, 1.807) is 0 Å². The van der Waals surface area contributed by atoms with E-state index in [2.05, 4.69) is 67.2 Å². The molecule has 0 saturated carbocycles. The van der Waals surface area contributed by atoms with Crippen LogP contribution >= 0.6 is 0 Å². The third kappa shape index (κ3) is 5.77. The Balaban J connectivity index is 2.40. The fourth-order valence-corrected chi connectivity index (χ4v) is 2.38. The third-order valence-corrected chi connectivity index (χ3v) is 4.59. The van der Waals surface area contributed by atoms with Crippen molar-refractivity contribution in [3.05, 3.63) is 35.5 Å². The van der Waals surface area contributed by atoms with Gasteiger partial charge < -0.3 is 9.31 Å². The molecular formula is C19H33BO2. The minimum atomic E-state index is -0.256. The average molecular weight is 304 g/mol. The molecule has 1 heterocycles. The van der Waals surface area contributed by atoms with Crippen LogP contribution in [0.25, 0.3) is 0 Å². The van der Waals surface area contributed by atoms with Crippen molar-refractivity contribution in [3.63, 3.8) is 0 Å². The van der Waals surface area contributed by atoms with Gasteiger partial charge in [0.2, 0.25) is 0 Å². The molecule has 0 atom stereocenters. The van der Waals surface area contributed by atoms with Gasteiger partial charge in [-0.15, -0.1) is 6.58 Å². The van der Waals surface area contributed by atoms with Crippen LogP contribution in [0.5, 0.6) is 0 Å². The van der Waals surface area contributed by atoms with Gasteiger partial charge in [-0.05, 0) is 67.7 Å². The lowest BCUT2D eigenvalue weighted by molar-refractivity contribution is 0.00578. The minimum Gasteiger partial charge on any atom is -0.403 e. The molecule has 0 unspecified atom stereocenters. The number of rotatable bonds is 7. The van der Waals surface area contributed by atoms with E-state index in [4.69, 9.17) is 9.31 Å². The van der Waals surface area contributed by atoms with E-state index in [1.165, 1.54) is 16.7 Å². The van der Waals surface area contributed by atoms with Crippen molar-refractivity contribution in [1.29, 1.82) is 0 Å². The standard InChI is InChI=1S/C19H33BO2/c1-15(2)10-9-11-16(3)12-13-17(4)14-20-21-18(5,6)19(7,8)22-20/h10,12H,4,9,11,13-14H2,1-3,5-8H3/b16-12+. The Bertz CT molecular complexity index is 438. The number of hydrogen-bond donors (Lipinski definition) is 0. The van der Waals surface area contributed by atoms with Crippen LogP contribution in [-0.4, -0.2) is 18.3 Å². The molecule has 1 aliphatic heterocycles. The topological polar surface area (TPSA) is 18.5 Å². The van der Waals surface area contributed by atoms with Crippen molar-refractivity contribution in [2.24, 2.45) is 0 Å². The summed E-state index contributed by atoms with van der Waals surface area (Å²) in [7, 11) is -0.170. The second kappa shape index (κ2) is 7.65. The summed E-state index contributed by atoms with van der Waals surface area (Å²) in [5, 5.41) is 0. The molecule has 1 fully saturated rings. The molecule has 124 valence electrons. The van der Waals surface area contributed by atoms with E-state index in [0.29, 0.717) is 0 Å². The molecule has 0 amide bonds. The predicted molar refractivity (Wildman–Crippen MR) is 97.1 cm³/mol. The van der Waals surface area contributed by atoms with Gasteiger partial charge in [-0.1, -0.05) is 28.9 Å². The lowest BCUT2D eigenvalue weighted by atomic mass is 9.80. The Morgan fingerprint density at radius 2 is 1.55 bits per heavy atom. The summed E-state index contributed by atoms with van der Waals surface area (Å²) in [6.07, 6.45) is 8.49. The SMILES string of the molecule is C=C(C/C=C(\C)CCC=C(C)C)CB1OC(C)(C)C(C)(C)O1. The maximum absolute atomic E-state index is 6.02. The van der Waals surface area contributed by atoms with Gasteiger partial charge in [0.1, 0.15) is 0 Å². The lowest BCUT2D eigenvalue weighted by Crippen LogP contribution is -2.41. The number of hydrogen-bond acceptors (Lipinski definition) is 2. The van der Waals surface area contributed by atoms with E-state index in [-0.39, 0.29) is 18.3 Å². The summed E-state index contributed by atoms with van der Waals surface area (Å²) in [6, 6.07) is 0. The van der Waals surface area contributed by atoms with E-state index >= 15 is 0 Å². The Labute approximate surface area is 137 Å². The van der Waals surface area contributed by atoms with Crippen molar-refractivity contribution in [2.45, 2.75) is 85.3 Å². The molecule has 0 aromatic rings. The van der Waals surface area contributed by atoms with Crippen molar-refractivity contribution < 1.29 is 9.31 Å². The van der Waals surface area contributed by atoms with Gasteiger partial charge in [-0.2, -0.15) is 0 Å². The molecule has 0 aromatic carbocycles. The molecule has 0 spiro atoms. The van der Waals surface area contributed by atoms with Crippen LogP contribution in [0.1, 0.15) is 67.7 Å². The van der Waals surface area contributed by atoms with Gasteiger partial charge in [-0.25, -0.2) is 0 Å². The Hall–Kier alpha value is -0.795. The Morgan fingerprint density at radius 3 is 2.05 bits per heavy atom. The molecule has 0 aromatic heterocycles. The highest BCUT2D eigenvalue weighted by atomic mass is 16.7. The first-order valence-corrected chi connectivity index (χ1v) is 8.35. The van der Waals surface area contributed by atoms with Crippen LogP contribution in [0.4, 0.5) is 0 Å². The van der Waals surface area contributed by atoms with Gasteiger partial charge in [0.05, 0.1) is 11.2 Å². The summed E-state index contributed by atoms with van der Waals surface area (Å²) in [5.74, 6) is 0. The van der Waals surface area contributed by atoms with Crippen molar-refractivity contribution in [3.8, 4) is 0 Å². The molecular weight excluding hydrogens is 271 g/mol. The highest BCUT2D eigenvalue weighted by Gasteiger charge is 2.50. The predicted octanol–water partition coefficient (Wildman–Crippen LogP) is 5.72. The molecule has 0 aliphatic carbocycles. The second-order valence-corrected chi connectivity index (χ2v) is 7.71. The fraction of sp³-hybridized carbons (Fsp3) is 0.684. The van der Waals surface area contributed by atoms with Crippen LogP contribution in [0.15, 0.2) is 35.5 Å². The normalized spacial score (nSPS) is 20.1. The maximum atomic E-state index is 6.02. The summed E-state index contributed by atoms with van der Waals surface area (Å²) < 4.78 is 12.0. The van der Waals surface area contributed by atoms with Crippen LogP contribution < -0.4 is 0 Å². The van der Waals surface area contributed by atoms with Crippen molar-refractivity contribution in [2.75, 3.05) is 0 Å². The van der Waals surface area contributed by atoms with Crippen molar-refractivity contribution in [1.82, 2.24) is 0 Å². The van der Waals surface area contributed by atoms with Crippen molar-refractivity contribution >= 4 is 7.12 Å². The quantitative estimate of drug-likeness (QED) is 0.442. The van der Waals surface area contributed by atoms with E-state index in [1.807, 2.05) is 0 Å². The zero-order chi connectivity index (χ0) is 17.0. The summed E-state index contributed by atoms with van der Waals surface area (Å²) in [5.41, 5.74) is 3.47. The monoisotopic (exact) mass is 304 g/mol. The van der Waals surface area contributed by atoms with E-state index in [9.17, 15) is 0 Å². The molecule has 0 N–H and O–H groups in total. The molecule has 22 heavy (non-hydrogen) atoms. The lowest BCUT2D eigenvalue weighted by Gasteiger charge is -2.32. The molecule has 0 radical (unpaired) electrons. The zero-order valence-corrected chi connectivity index (χ0v) is 15.6. The van der Waals surface area contributed by atoms with Gasteiger partial charge in [-0.3, -0.25) is 0 Å². The minimum absolute atomic E-state index is 0.170. The van der Waals surface area contributed by atoms with Crippen LogP contribution in [0.3, 0.4) is 0 Å². The van der Waals surface area contributed by atoms with Gasteiger partial charge in [0.25, 0.3) is 0 Å². The molecule has 2 nitrogen and oxygen atoms in total. The highest BCUT2D eigenvalue weighted by Crippen LogP contribution is 2.38. The molecule has 1 aliphatic rings. The van der Waals surface area contributed by atoms with E-state index in [0.717, 1.165) is 25.6 Å². The van der Waals surface area contributed by atoms with Gasteiger partial charge >= 0.3 is 7.12 Å². The fourth-order valence-electron chi connectivity index (χ4n) is 2.38. The first-order valence-electron chi connectivity index (χ1n) is 8.35. The number of allylic oxidation sites excluding steroid dienone is 5. The molecule has 0 bridgehead atoms. The first kappa shape index (κ1) is 19.3. The van der Waals surface area contributed by atoms with Crippen LogP contribution in [0, 0.1) is 0 Å². The zero-order valence-electron chi connectivity index (χ0n) is 15.6. The van der Waals surface area contributed by atoms with Gasteiger partial charge in [0, 0.05) is 6.32 Å². The molecule has 1 saturated heterocycles. The molecule has 1 rings (SSSR count). The average Bonchev–Trinajstić information content (AvgIpc) is 2.54. The van der Waals surface area contributed by atoms with Crippen LogP contribution in [-0.2, 0) is 9.31 Å². The Morgan fingerprint density at radius 1 is 1.00 bits per heavy atom. The summed E-state index contributed by atoms with van der Waals surface area (Å²) in [6.45, 7) is 19.0. The Kier molecular flexibility index (Phi) is 6.70. The van der Waals surface area contributed by atoms with Crippen LogP contribution in [0.2, 0.25) is 6.32 Å². The maximum Gasteiger partial charge on any atom is 0.462 e. The largest absolute Gasteiger partial charge is 0.462 e. The van der Waals surface area contributed by atoms with Gasteiger partial charge in [0.15, 0.2) is 0 Å². The first-order chi connectivity index (χ1) is 10.0. The van der Waals surface area contributed by atoms with E-state index < -0.39 is 0 Å². The second-order valence-electron chi connectivity index (χ2n) is 7.71. The smallest absolute Gasteiger partial charge is 0.403 e. The highest BCUT2D eigenvalue weighted by molar-refractivity contribution is 6.46. The summed E-state index contributed by atoms with van der Waals surface area (Å²) in [4.78, 5) is 0.